The molecule has 1 saturated heterocycles. The molecule has 1 unspecified atom stereocenters. The van der Waals surface area contributed by atoms with E-state index < -0.39 is 5.67 Å². The van der Waals surface area contributed by atoms with E-state index in [1.54, 1.807) is 12.1 Å². The van der Waals surface area contributed by atoms with Crippen LogP contribution < -0.4 is 5.32 Å². The lowest BCUT2D eigenvalue weighted by Gasteiger charge is -2.23. The van der Waals surface area contributed by atoms with Gasteiger partial charge >= 0.3 is 0 Å². The first-order chi connectivity index (χ1) is 8.09. The van der Waals surface area contributed by atoms with Gasteiger partial charge in [0.05, 0.1) is 0 Å². The van der Waals surface area contributed by atoms with Gasteiger partial charge in [-0.05, 0) is 50.0 Å². The van der Waals surface area contributed by atoms with Gasteiger partial charge < -0.3 is 5.32 Å². The lowest BCUT2D eigenvalue weighted by Crippen LogP contribution is -2.27. The van der Waals surface area contributed by atoms with Crippen molar-refractivity contribution in [1.82, 2.24) is 5.32 Å². The molecule has 1 aliphatic heterocycles. The van der Waals surface area contributed by atoms with Crippen molar-refractivity contribution < 1.29 is 4.39 Å². The summed E-state index contributed by atoms with van der Waals surface area (Å²) >= 11 is 11.9. The predicted molar refractivity (Wildman–Crippen MR) is 70.7 cm³/mol. The molecule has 1 heterocycles. The molecule has 1 nitrogen and oxygen atoms in total. The Morgan fingerprint density at radius 2 is 2.06 bits per heavy atom. The maximum atomic E-state index is 14.7. The average Bonchev–Trinajstić information content (AvgIpc) is 2.48. The summed E-state index contributed by atoms with van der Waals surface area (Å²) in [7, 11) is 0. The van der Waals surface area contributed by atoms with Crippen molar-refractivity contribution >= 4 is 23.2 Å². The van der Waals surface area contributed by atoms with Crippen molar-refractivity contribution in [1.29, 1.82) is 0 Å². The van der Waals surface area contributed by atoms with Crippen LogP contribution in [0.2, 0.25) is 10.0 Å². The van der Waals surface area contributed by atoms with Crippen molar-refractivity contribution in [3.63, 3.8) is 0 Å². The number of nitrogens with one attached hydrogen (secondary N) is 1. The van der Waals surface area contributed by atoms with Gasteiger partial charge in [-0.1, -0.05) is 29.3 Å². The van der Waals surface area contributed by atoms with Crippen molar-refractivity contribution in [3.8, 4) is 0 Å². The van der Waals surface area contributed by atoms with Gasteiger partial charge in [0.1, 0.15) is 5.67 Å². The Balaban J connectivity index is 2.12. The fraction of sp³-hybridized carbons (Fsp3) is 0.538. The van der Waals surface area contributed by atoms with E-state index in [4.69, 9.17) is 23.2 Å². The lowest BCUT2D eigenvalue weighted by molar-refractivity contribution is 0.144. The molecule has 94 valence electrons. The van der Waals surface area contributed by atoms with Crippen LogP contribution in [0.4, 0.5) is 4.39 Å². The Hall–Kier alpha value is -0.310. The molecule has 2 rings (SSSR count). The van der Waals surface area contributed by atoms with E-state index in [1.807, 2.05) is 6.07 Å². The first-order valence-electron chi connectivity index (χ1n) is 5.93. The maximum absolute atomic E-state index is 14.7. The molecule has 17 heavy (non-hydrogen) atoms. The smallest absolute Gasteiger partial charge is 0.116 e. The molecular formula is C13H16Cl2FN. The molecule has 1 aromatic carbocycles. The van der Waals surface area contributed by atoms with E-state index in [1.165, 1.54) is 0 Å². The molecule has 1 aliphatic rings. The van der Waals surface area contributed by atoms with Crippen LogP contribution in [-0.4, -0.2) is 18.8 Å². The van der Waals surface area contributed by atoms with Gasteiger partial charge in [-0.2, -0.15) is 0 Å². The minimum Gasteiger partial charge on any atom is -0.317 e. The summed E-state index contributed by atoms with van der Waals surface area (Å²) in [6.07, 6.45) is 2.40. The Bertz CT molecular complexity index is 387. The maximum Gasteiger partial charge on any atom is 0.116 e. The van der Waals surface area contributed by atoms with Gasteiger partial charge in [0.25, 0.3) is 0 Å². The highest BCUT2D eigenvalue weighted by molar-refractivity contribution is 6.35. The summed E-state index contributed by atoms with van der Waals surface area (Å²) in [5.74, 6) is 0. The van der Waals surface area contributed by atoms with Crippen molar-refractivity contribution in [2.45, 2.75) is 31.4 Å². The summed E-state index contributed by atoms with van der Waals surface area (Å²) in [5, 5.41) is 4.37. The standard InChI is InChI=1S/C13H16Cl2FN/c14-11-3-2-10(12(15)8-11)9-13(16)4-1-6-17-7-5-13/h2-3,8,17H,1,4-7,9H2. The topological polar surface area (TPSA) is 12.0 Å². The largest absolute Gasteiger partial charge is 0.317 e. The number of hydrogen-bond donors (Lipinski definition) is 1. The third kappa shape index (κ3) is 3.57. The fourth-order valence-electron chi connectivity index (χ4n) is 2.28. The van der Waals surface area contributed by atoms with Crippen LogP contribution in [0.3, 0.4) is 0 Å². The minimum absolute atomic E-state index is 0.380. The second-order valence-electron chi connectivity index (χ2n) is 4.67. The minimum atomic E-state index is -1.14. The van der Waals surface area contributed by atoms with Crippen LogP contribution >= 0.6 is 23.2 Å². The summed E-state index contributed by atoms with van der Waals surface area (Å²) in [4.78, 5) is 0. The van der Waals surface area contributed by atoms with Gasteiger partial charge in [-0.15, -0.1) is 0 Å². The molecule has 0 amide bonds. The normalized spacial score (nSPS) is 25.6. The molecule has 1 N–H and O–H groups in total. The molecular weight excluding hydrogens is 260 g/mol. The highest BCUT2D eigenvalue weighted by atomic mass is 35.5. The molecule has 0 radical (unpaired) electrons. The average molecular weight is 276 g/mol. The summed E-state index contributed by atoms with van der Waals surface area (Å²) in [5.41, 5.74) is -0.290. The van der Waals surface area contributed by atoms with E-state index in [0.717, 1.165) is 25.1 Å². The van der Waals surface area contributed by atoms with Crippen molar-refractivity contribution in [3.05, 3.63) is 33.8 Å². The summed E-state index contributed by atoms with van der Waals surface area (Å²) in [6, 6.07) is 5.27. The van der Waals surface area contributed by atoms with Gasteiger partial charge in [0.2, 0.25) is 0 Å². The van der Waals surface area contributed by atoms with Crippen molar-refractivity contribution in [2.24, 2.45) is 0 Å². The molecule has 0 aliphatic carbocycles. The molecule has 4 heteroatoms. The van der Waals surface area contributed by atoms with Crippen LogP contribution in [0.15, 0.2) is 18.2 Å². The predicted octanol–water partition coefficient (Wildman–Crippen LogP) is 4.02. The van der Waals surface area contributed by atoms with Crippen molar-refractivity contribution in [2.75, 3.05) is 13.1 Å². The second kappa shape index (κ2) is 5.55. The summed E-state index contributed by atoms with van der Waals surface area (Å²) in [6.45, 7) is 1.64. The van der Waals surface area contributed by atoms with E-state index >= 15 is 0 Å². The van der Waals surface area contributed by atoms with E-state index in [-0.39, 0.29) is 0 Å². The van der Waals surface area contributed by atoms with Crippen LogP contribution in [-0.2, 0) is 6.42 Å². The van der Waals surface area contributed by atoms with E-state index in [9.17, 15) is 4.39 Å². The first kappa shape index (κ1) is 13.1. The number of alkyl halides is 1. The zero-order valence-electron chi connectivity index (χ0n) is 9.61. The number of hydrogen-bond acceptors (Lipinski definition) is 1. The molecule has 0 spiro atoms. The monoisotopic (exact) mass is 275 g/mol. The van der Waals surface area contributed by atoms with E-state index in [0.29, 0.717) is 29.3 Å². The van der Waals surface area contributed by atoms with Gasteiger partial charge in [-0.25, -0.2) is 4.39 Å². The number of halogens is 3. The third-order valence-corrected chi connectivity index (χ3v) is 3.84. The Morgan fingerprint density at radius 1 is 1.24 bits per heavy atom. The molecule has 0 bridgehead atoms. The Labute approximate surface area is 111 Å². The van der Waals surface area contributed by atoms with Gasteiger partial charge in [0.15, 0.2) is 0 Å². The van der Waals surface area contributed by atoms with Gasteiger partial charge in [-0.3, -0.25) is 0 Å². The highest BCUT2D eigenvalue weighted by Gasteiger charge is 2.31. The highest BCUT2D eigenvalue weighted by Crippen LogP contribution is 2.32. The van der Waals surface area contributed by atoms with Crippen LogP contribution in [0.5, 0.6) is 0 Å². The molecule has 0 aromatic heterocycles. The van der Waals surface area contributed by atoms with E-state index in [2.05, 4.69) is 5.32 Å². The molecule has 1 fully saturated rings. The third-order valence-electron chi connectivity index (χ3n) is 3.25. The SMILES string of the molecule is FC1(Cc2ccc(Cl)cc2Cl)CCCNCC1. The van der Waals surface area contributed by atoms with Crippen LogP contribution in [0, 0.1) is 0 Å². The van der Waals surface area contributed by atoms with Crippen LogP contribution in [0.25, 0.3) is 0 Å². The second-order valence-corrected chi connectivity index (χ2v) is 5.51. The lowest BCUT2D eigenvalue weighted by atomic mass is 9.89. The Morgan fingerprint density at radius 3 is 2.82 bits per heavy atom. The number of rotatable bonds is 2. The molecule has 1 aromatic rings. The quantitative estimate of drug-likeness (QED) is 0.860. The molecule has 1 atom stereocenters. The zero-order valence-corrected chi connectivity index (χ0v) is 11.1. The first-order valence-corrected chi connectivity index (χ1v) is 6.68. The zero-order chi connectivity index (χ0) is 12.3. The summed E-state index contributed by atoms with van der Waals surface area (Å²) < 4.78 is 14.7. The number of benzene rings is 1. The fourth-order valence-corrected chi connectivity index (χ4v) is 2.75. The molecule has 0 saturated carbocycles. The van der Waals surface area contributed by atoms with Gasteiger partial charge in [0, 0.05) is 16.5 Å². The van der Waals surface area contributed by atoms with Crippen LogP contribution in [0.1, 0.15) is 24.8 Å². The Kier molecular flexibility index (Phi) is 4.29.